The van der Waals surface area contributed by atoms with Gasteiger partial charge in [-0.05, 0) is 24.3 Å². The topological polar surface area (TPSA) is 118 Å². The monoisotopic (exact) mass is 727 g/mol. The van der Waals surface area contributed by atoms with Crippen molar-refractivity contribution >= 4 is 115 Å². The van der Waals surface area contributed by atoms with Crippen LogP contribution in [0.1, 0.15) is 20.7 Å². The molecule has 208 valence electrons. The Hall–Kier alpha value is -1.92. The van der Waals surface area contributed by atoms with Crippen molar-refractivity contribution < 1.29 is 24.1 Å². The van der Waals surface area contributed by atoms with Crippen LogP contribution >= 0.6 is 85.5 Å². The number of carbonyl (C=O) groups excluding carboxylic acids is 4. The molecule has 1 saturated heterocycles. The second-order valence-corrected chi connectivity index (χ2v) is 13.4. The molecule has 0 spiro atoms. The molecule has 5 rings (SSSR count). The third-order valence-corrected chi connectivity index (χ3v) is 11.9. The minimum Gasteiger partial charge on any atom is -0.292 e. The maximum absolute atomic E-state index is 13.9. The van der Waals surface area contributed by atoms with Gasteiger partial charge in [0, 0.05) is 27.7 Å². The number of non-ortho nitro benzene ring substituents is 1. The Labute approximate surface area is 264 Å². The maximum Gasteiger partial charge on any atom is 0.273 e. The second kappa shape index (κ2) is 9.83. The smallest absolute Gasteiger partial charge is 0.273 e. The van der Waals surface area contributed by atoms with Crippen molar-refractivity contribution in [3.8, 4) is 0 Å². The molecule has 40 heavy (non-hydrogen) atoms. The molecule has 2 aromatic carbocycles. The fourth-order valence-electron chi connectivity index (χ4n) is 5.19. The number of fused-ring (bicyclic) bond motifs is 5. The number of alkyl halides is 4. The molecule has 2 fully saturated rings. The maximum atomic E-state index is 13.9. The highest BCUT2D eigenvalue weighted by Gasteiger charge is 2.88. The van der Waals surface area contributed by atoms with E-state index in [1.54, 1.807) is 12.1 Å². The first-order valence-corrected chi connectivity index (χ1v) is 14.2. The fraction of sp³-hybridized carbons (Fsp3) is 0.250. The quantitative estimate of drug-likeness (QED) is 0.118. The average molecular weight is 731 g/mol. The number of hydrogen-bond donors (Lipinski definition) is 0. The third kappa shape index (κ3) is 3.80. The Kier molecular flexibility index (Phi) is 7.27. The number of Topliss-reactive ketones (excluding diaryl/α,β-unsaturated/α-hetero) is 1. The number of nitro groups is 1. The van der Waals surface area contributed by atoms with Crippen LogP contribution in [0.5, 0.6) is 0 Å². The summed E-state index contributed by atoms with van der Waals surface area (Å²) in [7, 11) is 0. The van der Waals surface area contributed by atoms with E-state index in [1.807, 2.05) is 0 Å². The van der Waals surface area contributed by atoms with Gasteiger partial charge in [0.25, 0.3) is 23.4 Å². The summed E-state index contributed by atoms with van der Waals surface area (Å²) in [5.41, 5.74) is -0.299. The summed E-state index contributed by atoms with van der Waals surface area (Å²) in [5.74, 6) is -6.80. The van der Waals surface area contributed by atoms with Gasteiger partial charge < -0.3 is 0 Å². The molecular formula is C24H12BrCl6N3O6. The Morgan fingerprint density at radius 1 is 0.875 bits per heavy atom. The van der Waals surface area contributed by atoms with E-state index >= 15 is 0 Å². The number of rotatable bonds is 6. The van der Waals surface area contributed by atoms with Crippen LogP contribution in [0.15, 0.2) is 63.1 Å². The van der Waals surface area contributed by atoms with Gasteiger partial charge in [-0.25, -0.2) is 5.01 Å². The summed E-state index contributed by atoms with van der Waals surface area (Å²) >= 11 is 42.5. The molecule has 1 heterocycles. The zero-order valence-corrected chi connectivity index (χ0v) is 25.5. The van der Waals surface area contributed by atoms with Crippen molar-refractivity contribution in [3.63, 3.8) is 0 Å². The SMILES string of the molecule is O=C(CN(C(=O)c1ccc([N+](=O)[O-])cc1)N1C(=O)[C@@H]2[C@@H](C1=O)[C@@]1(Cl)C(Cl)=C(Cl)[C@@]2(Cl)C1(Cl)Cl)c1ccc(Br)cc1. The molecule has 3 aliphatic rings. The van der Waals surface area contributed by atoms with Gasteiger partial charge >= 0.3 is 0 Å². The van der Waals surface area contributed by atoms with E-state index in [9.17, 15) is 29.3 Å². The Balaban J connectivity index is 1.59. The van der Waals surface area contributed by atoms with Gasteiger partial charge in [-0.2, -0.15) is 5.01 Å². The van der Waals surface area contributed by atoms with Crippen molar-refractivity contribution in [1.29, 1.82) is 0 Å². The first kappa shape index (κ1) is 29.6. The molecule has 2 aromatic rings. The van der Waals surface area contributed by atoms with E-state index < -0.39 is 60.9 Å². The predicted molar refractivity (Wildman–Crippen MR) is 152 cm³/mol. The minimum absolute atomic E-state index is 0.158. The van der Waals surface area contributed by atoms with Crippen LogP contribution in [-0.2, 0) is 9.59 Å². The van der Waals surface area contributed by atoms with Gasteiger partial charge in [-0.1, -0.05) is 74.5 Å². The van der Waals surface area contributed by atoms with Gasteiger partial charge in [0.1, 0.15) is 16.3 Å². The number of allylic oxidation sites excluding steroid dienone is 2. The van der Waals surface area contributed by atoms with Crippen molar-refractivity contribution in [2.24, 2.45) is 11.8 Å². The van der Waals surface area contributed by atoms with Crippen LogP contribution in [-0.4, -0.2) is 59.1 Å². The number of amides is 3. The van der Waals surface area contributed by atoms with Crippen LogP contribution in [0.2, 0.25) is 0 Å². The summed E-state index contributed by atoms with van der Waals surface area (Å²) in [6.07, 6.45) is 0. The Morgan fingerprint density at radius 2 is 1.32 bits per heavy atom. The molecule has 4 atom stereocenters. The molecule has 2 aliphatic carbocycles. The zero-order valence-electron chi connectivity index (χ0n) is 19.4. The number of imide groups is 1. The molecule has 3 amide bonds. The van der Waals surface area contributed by atoms with Crippen LogP contribution in [0.3, 0.4) is 0 Å². The average Bonchev–Trinajstić information content (AvgIpc) is 3.30. The highest BCUT2D eigenvalue weighted by molar-refractivity contribution is 9.10. The highest BCUT2D eigenvalue weighted by atomic mass is 79.9. The summed E-state index contributed by atoms with van der Waals surface area (Å²) in [6, 6.07) is 10.5. The summed E-state index contributed by atoms with van der Waals surface area (Å²) < 4.78 is -1.51. The van der Waals surface area contributed by atoms with Crippen LogP contribution < -0.4 is 0 Å². The van der Waals surface area contributed by atoms with Gasteiger partial charge in [0.2, 0.25) is 0 Å². The summed E-state index contributed by atoms with van der Waals surface area (Å²) in [6.45, 7) is -0.777. The molecule has 0 aromatic heterocycles. The molecule has 9 nitrogen and oxygen atoms in total. The lowest BCUT2D eigenvalue weighted by Gasteiger charge is -2.36. The molecule has 1 saturated carbocycles. The number of hydrazine groups is 1. The lowest BCUT2D eigenvalue weighted by molar-refractivity contribution is -0.384. The van der Waals surface area contributed by atoms with Crippen molar-refractivity contribution in [1.82, 2.24) is 10.0 Å². The number of hydrogen-bond acceptors (Lipinski definition) is 6. The molecule has 0 radical (unpaired) electrons. The van der Waals surface area contributed by atoms with Crippen LogP contribution in [0.4, 0.5) is 5.69 Å². The lowest BCUT2D eigenvalue weighted by atomic mass is 9.84. The van der Waals surface area contributed by atoms with Crippen molar-refractivity contribution in [3.05, 3.63) is 84.3 Å². The van der Waals surface area contributed by atoms with Crippen LogP contribution in [0, 0.1) is 22.0 Å². The number of nitrogens with zero attached hydrogens (tertiary/aromatic N) is 3. The van der Waals surface area contributed by atoms with E-state index in [-0.39, 0.29) is 26.9 Å². The largest absolute Gasteiger partial charge is 0.292 e. The lowest BCUT2D eigenvalue weighted by Crippen LogP contribution is -2.56. The number of carbonyl (C=O) groups is 4. The molecule has 0 unspecified atom stereocenters. The van der Waals surface area contributed by atoms with Crippen LogP contribution in [0.25, 0.3) is 0 Å². The minimum atomic E-state index is -2.19. The van der Waals surface area contributed by atoms with E-state index in [2.05, 4.69) is 15.9 Å². The standard InChI is InChI=1S/C24H12BrCl6N3O6/c25-12-5-1-10(2-6-12)14(35)9-32(19(36)11-3-7-13(8-4-11)34(39)40)33-20(37)15-16(21(33)38)23(29)18(27)17(26)22(15,28)24(23,30)31/h1-8,15-16H,9H2/t15-,16-,22+,23+/m0/s1. The van der Waals surface area contributed by atoms with E-state index in [1.165, 1.54) is 12.1 Å². The normalized spacial score (nSPS) is 28.2. The van der Waals surface area contributed by atoms with Crippen molar-refractivity contribution in [2.75, 3.05) is 6.54 Å². The number of ketones is 1. The van der Waals surface area contributed by atoms with E-state index in [4.69, 9.17) is 69.6 Å². The fourth-order valence-corrected chi connectivity index (χ4v) is 8.38. The number of nitro benzene ring substituents is 1. The first-order valence-electron chi connectivity index (χ1n) is 11.1. The van der Waals surface area contributed by atoms with Gasteiger partial charge in [0.05, 0.1) is 26.8 Å². The Bertz CT molecular complexity index is 1510. The Morgan fingerprint density at radius 3 is 1.77 bits per heavy atom. The third-order valence-electron chi connectivity index (χ3n) is 7.15. The zero-order chi connectivity index (χ0) is 29.5. The van der Waals surface area contributed by atoms with Crippen molar-refractivity contribution in [2.45, 2.75) is 14.1 Å². The summed E-state index contributed by atoms with van der Waals surface area (Å²) in [5, 5.41) is 11.5. The number of halogens is 7. The molecule has 16 heteroatoms. The molecule has 1 aliphatic heterocycles. The van der Waals surface area contributed by atoms with E-state index in [0.717, 1.165) is 24.3 Å². The summed E-state index contributed by atoms with van der Waals surface area (Å²) in [4.78, 5) is 60.9. The van der Waals surface area contributed by atoms with E-state index in [0.29, 0.717) is 14.5 Å². The predicted octanol–water partition coefficient (Wildman–Crippen LogP) is 6.04. The molecule has 2 bridgehead atoms. The number of benzene rings is 2. The van der Waals surface area contributed by atoms with Gasteiger partial charge in [-0.3, -0.25) is 29.3 Å². The van der Waals surface area contributed by atoms with Gasteiger partial charge in [-0.15, -0.1) is 23.2 Å². The molecule has 0 N–H and O–H groups in total. The first-order chi connectivity index (χ1) is 18.6. The second-order valence-electron chi connectivity index (χ2n) is 9.17. The highest BCUT2D eigenvalue weighted by Crippen LogP contribution is 2.77. The van der Waals surface area contributed by atoms with Gasteiger partial charge in [0.15, 0.2) is 10.1 Å². The molecular weight excluding hydrogens is 719 g/mol.